The number of H-pyrrole nitrogens is 1. The van der Waals surface area contributed by atoms with E-state index in [0.717, 1.165) is 35.7 Å². The molecule has 4 rings (SSSR count). The Morgan fingerprint density at radius 2 is 1.95 bits per heavy atom. The van der Waals surface area contributed by atoms with Gasteiger partial charge in [-0.05, 0) is 37.5 Å². The molecular formula is C17H19N3O. The molecule has 0 aliphatic carbocycles. The highest BCUT2D eigenvalue weighted by atomic mass is 16.5. The lowest BCUT2D eigenvalue weighted by Gasteiger charge is -2.27. The molecular weight excluding hydrogens is 262 g/mol. The molecule has 3 heterocycles. The van der Waals surface area contributed by atoms with Gasteiger partial charge in [-0.15, -0.1) is 0 Å². The molecule has 21 heavy (non-hydrogen) atoms. The highest BCUT2D eigenvalue weighted by Crippen LogP contribution is 2.33. The van der Waals surface area contributed by atoms with Crippen LogP contribution >= 0.6 is 0 Å². The van der Waals surface area contributed by atoms with Gasteiger partial charge in [0.1, 0.15) is 5.75 Å². The quantitative estimate of drug-likeness (QED) is 0.778. The largest absolute Gasteiger partial charge is 0.497 e. The molecule has 0 bridgehead atoms. The fraction of sp³-hybridized carbons (Fsp3) is 0.353. The van der Waals surface area contributed by atoms with E-state index in [0.29, 0.717) is 0 Å². The van der Waals surface area contributed by atoms with Crippen molar-refractivity contribution < 1.29 is 4.74 Å². The van der Waals surface area contributed by atoms with E-state index < -0.39 is 0 Å². The molecule has 0 unspecified atom stereocenters. The minimum Gasteiger partial charge on any atom is -0.497 e. The lowest BCUT2D eigenvalue weighted by Crippen LogP contribution is -2.30. The number of aromatic nitrogens is 2. The van der Waals surface area contributed by atoms with Crippen LogP contribution in [0.3, 0.4) is 0 Å². The van der Waals surface area contributed by atoms with Crippen LogP contribution in [0.5, 0.6) is 5.75 Å². The van der Waals surface area contributed by atoms with Crippen molar-refractivity contribution in [3.05, 3.63) is 30.5 Å². The second-order valence-corrected chi connectivity index (χ2v) is 5.64. The Bertz CT molecular complexity index is 787. The van der Waals surface area contributed by atoms with Crippen molar-refractivity contribution in [1.82, 2.24) is 9.97 Å². The van der Waals surface area contributed by atoms with Crippen LogP contribution < -0.4 is 9.64 Å². The Balaban J connectivity index is 1.91. The van der Waals surface area contributed by atoms with Gasteiger partial charge in [0.15, 0.2) is 5.82 Å². The van der Waals surface area contributed by atoms with Crippen LogP contribution in [0.25, 0.3) is 21.8 Å². The first-order chi connectivity index (χ1) is 10.4. The summed E-state index contributed by atoms with van der Waals surface area (Å²) >= 11 is 0. The van der Waals surface area contributed by atoms with Gasteiger partial charge in [-0.1, -0.05) is 0 Å². The van der Waals surface area contributed by atoms with Crippen molar-refractivity contribution in [2.75, 3.05) is 25.1 Å². The second-order valence-electron chi connectivity index (χ2n) is 5.64. The van der Waals surface area contributed by atoms with Crippen LogP contribution in [-0.2, 0) is 0 Å². The van der Waals surface area contributed by atoms with Gasteiger partial charge >= 0.3 is 0 Å². The molecule has 0 spiro atoms. The molecule has 0 saturated carbocycles. The Morgan fingerprint density at radius 1 is 1.10 bits per heavy atom. The van der Waals surface area contributed by atoms with Crippen molar-refractivity contribution in [1.29, 1.82) is 0 Å². The van der Waals surface area contributed by atoms with Crippen LogP contribution in [0.1, 0.15) is 19.3 Å². The van der Waals surface area contributed by atoms with Crippen LogP contribution in [0.2, 0.25) is 0 Å². The van der Waals surface area contributed by atoms with Gasteiger partial charge in [-0.2, -0.15) is 0 Å². The first-order valence-corrected chi connectivity index (χ1v) is 7.56. The molecule has 1 aliphatic rings. The standard InChI is InChI=1S/C17H19N3O/c1-21-12-5-6-13-14-7-8-18-17(16(14)19-15(13)11-12)20-9-3-2-4-10-20/h5-8,11,19H,2-4,9-10H2,1H3. The second kappa shape index (κ2) is 4.95. The smallest absolute Gasteiger partial charge is 0.152 e. The van der Waals surface area contributed by atoms with E-state index >= 15 is 0 Å². The number of nitrogens with zero attached hydrogens (tertiary/aromatic N) is 2. The van der Waals surface area contributed by atoms with E-state index in [1.807, 2.05) is 12.3 Å². The summed E-state index contributed by atoms with van der Waals surface area (Å²) in [6.07, 6.45) is 5.76. The van der Waals surface area contributed by atoms with Gasteiger partial charge in [0.05, 0.1) is 18.1 Å². The Kier molecular flexibility index (Phi) is 2.95. The van der Waals surface area contributed by atoms with E-state index in [4.69, 9.17) is 4.74 Å². The van der Waals surface area contributed by atoms with Gasteiger partial charge in [-0.3, -0.25) is 0 Å². The number of benzene rings is 1. The molecule has 0 radical (unpaired) electrons. The number of piperidine rings is 1. The van der Waals surface area contributed by atoms with Crippen LogP contribution in [0.15, 0.2) is 30.5 Å². The molecule has 1 aliphatic heterocycles. The van der Waals surface area contributed by atoms with E-state index in [2.05, 4.69) is 33.1 Å². The summed E-state index contributed by atoms with van der Waals surface area (Å²) in [5, 5.41) is 2.47. The summed E-state index contributed by atoms with van der Waals surface area (Å²) in [6, 6.07) is 8.27. The third-order valence-corrected chi connectivity index (χ3v) is 4.36. The topological polar surface area (TPSA) is 41.1 Å². The summed E-state index contributed by atoms with van der Waals surface area (Å²) in [5.74, 6) is 1.96. The molecule has 108 valence electrons. The minimum absolute atomic E-state index is 0.876. The van der Waals surface area contributed by atoms with Crippen molar-refractivity contribution in [3.8, 4) is 5.75 Å². The third kappa shape index (κ3) is 2.02. The number of fused-ring (bicyclic) bond motifs is 3. The van der Waals surface area contributed by atoms with E-state index in [1.165, 1.54) is 30.0 Å². The summed E-state index contributed by atoms with van der Waals surface area (Å²) in [7, 11) is 1.70. The lowest BCUT2D eigenvalue weighted by molar-refractivity contribution is 0.415. The number of anilines is 1. The third-order valence-electron chi connectivity index (χ3n) is 4.36. The van der Waals surface area contributed by atoms with Gasteiger partial charge in [-0.25, -0.2) is 4.98 Å². The number of hydrogen-bond donors (Lipinski definition) is 1. The zero-order chi connectivity index (χ0) is 14.2. The normalized spacial score (nSPS) is 15.8. The Hall–Kier alpha value is -2.23. The predicted molar refractivity (Wildman–Crippen MR) is 86.2 cm³/mol. The number of pyridine rings is 1. The van der Waals surface area contributed by atoms with Crippen molar-refractivity contribution in [2.24, 2.45) is 0 Å². The first-order valence-electron chi connectivity index (χ1n) is 7.56. The zero-order valence-corrected chi connectivity index (χ0v) is 12.2. The van der Waals surface area contributed by atoms with Crippen LogP contribution in [-0.4, -0.2) is 30.2 Å². The number of hydrogen-bond acceptors (Lipinski definition) is 3. The molecule has 4 nitrogen and oxygen atoms in total. The number of ether oxygens (including phenoxy) is 1. The SMILES string of the molecule is COc1ccc2c(c1)[nH]c1c(N3CCCCC3)nccc12. The number of methoxy groups -OCH3 is 1. The average molecular weight is 281 g/mol. The summed E-state index contributed by atoms with van der Waals surface area (Å²) in [4.78, 5) is 10.6. The molecule has 1 fully saturated rings. The molecule has 1 saturated heterocycles. The van der Waals surface area contributed by atoms with Crippen LogP contribution in [0, 0.1) is 0 Å². The highest BCUT2D eigenvalue weighted by molar-refractivity contribution is 6.10. The number of aromatic amines is 1. The van der Waals surface area contributed by atoms with Gasteiger partial charge in [0.2, 0.25) is 0 Å². The first kappa shape index (κ1) is 12.5. The molecule has 0 atom stereocenters. The average Bonchev–Trinajstić information content (AvgIpc) is 2.93. The number of nitrogens with one attached hydrogen (secondary N) is 1. The predicted octanol–water partition coefficient (Wildman–Crippen LogP) is 3.72. The summed E-state index contributed by atoms with van der Waals surface area (Å²) in [5.41, 5.74) is 2.25. The lowest BCUT2D eigenvalue weighted by atomic mass is 10.1. The van der Waals surface area contributed by atoms with E-state index in [-0.39, 0.29) is 0 Å². The molecule has 2 aromatic heterocycles. The molecule has 3 aromatic rings. The monoisotopic (exact) mass is 281 g/mol. The minimum atomic E-state index is 0.876. The van der Waals surface area contributed by atoms with Crippen molar-refractivity contribution >= 4 is 27.6 Å². The van der Waals surface area contributed by atoms with Gasteiger partial charge < -0.3 is 14.6 Å². The van der Waals surface area contributed by atoms with Crippen molar-refractivity contribution in [3.63, 3.8) is 0 Å². The van der Waals surface area contributed by atoms with E-state index in [1.54, 1.807) is 7.11 Å². The molecule has 1 N–H and O–H groups in total. The zero-order valence-electron chi connectivity index (χ0n) is 12.2. The molecule has 4 heteroatoms. The maximum absolute atomic E-state index is 5.32. The molecule has 0 amide bonds. The number of rotatable bonds is 2. The fourth-order valence-electron chi connectivity index (χ4n) is 3.27. The van der Waals surface area contributed by atoms with Gasteiger partial charge in [0, 0.05) is 36.1 Å². The van der Waals surface area contributed by atoms with Crippen LogP contribution in [0.4, 0.5) is 5.82 Å². The van der Waals surface area contributed by atoms with E-state index in [9.17, 15) is 0 Å². The Labute approximate surface area is 123 Å². The van der Waals surface area contributed by atoms with Gasteiger partial charge in [0.25, 0.3) is 0 Å². The molecule has 1 aromatic carbocycles. The fourth-order valence-corrected chi connectivity index (χ4v) is 3.27. The van der Waals surface area contributed by atoms with Crippen molar-refractivity contribution in [2.45, 2.75) is 19.3 Å². The summed E-state index contributed by atoms with van der Waals surface area (Å²) < 4.78 is 5.32. The Morgan fingerprint density at radius 3 is 2.76 bits per heavy atom. The maximum Gasteiger partial charge on any atom is 0.152 e. The summed E-state index contributed by atoms with van der Waals surface area (Å²) in [6.45, 7) is 2.20. The maximum atomic E-state index is 5.32. The highest BCUT2D eigenvalue weighted by Gasteiger charge is 2.17.